The van der Waals surface area contributed by atoms with Gasteiger partial charge in [-0.1, -0.05) is 24.2 Å². The molecule has 7 heteroatoms. The number of carboxylic acid groups (broad SMARTS) is 1. The summed E-state index contributed by atoms with van der Waals surface area (Å²) in [6, 6.07) is 10.8. The second-order valence-electron chi connectivity index (χ2n) is 5.18. The molecule has 1 aromatic heterocycles. The minimum Gasteiger partial charge on any atom is -0.549 e. The van der Waals surface area contributed by atoms with Gasteiger partial charge in [-0.2, -0.15) is 0 Å². The van der Waals surface area contributed by atoms with Crippen LogP contribution in [-0.4, -0.2) is 20.6 Å². The Bertz CT molecular complexity index is 937. The minimum atomic E-state index is -1.77. The van der Waals surface area contributed by atoms with Crippen LogP contribution in [0.4, 0.5) is 4.39 Å². The van der Waals surface area contributed by atoms with Crippen molar-refractivity contribution in [1.29, 1.82) is 0 Å². The fourth-order valence-electron chi connectivity index (χ4n) is 2.46. The normalized spacial score (nSPS) is 13.8. The summed E-state index contributed by atoms with van der Waals surface area (Å²) in [5.41, 5.74) is 0.950. The number of carbonyl (C=O) groups excluding carboxylic acids is 1. The number of hydrogen-bond acceptors (Lipinski definition) is 5. The van der Waals surface area contributed by atoms with Crippen LogP contribution < -0.4 is 5.11 Å². The van der Waals surface area contributed by atoms with Crippen LogP contribution in [0.25, 0.3) is 22.2 Å². The first-order valence-corrected chi connectivity index (χ1v) is 8.50. The molecule has 0 fully saturated rings. The molecule has 2 aromatic carbocycles. The van der Waals surface area contributed by atoms with Crippen LogP contribution in [0.5, 0.6) is 0 Å². The zero-order valence-corrected chi connectivity index (χ0v) is 13.5. The number of fused-ring (bicyclic) bond motifs is 1. The third kappa shape index (κ3) is 2.82. The monoisotopic (exact) mass is 346 g/mol. The summed E-state index contributed by atoms with van der Waals surface area (Å²) in [7, 11) is -1.77. The summed E-state index contributed by atoms with van der Waals surface area (Å²) in [4.78, 5) is 11.4. The molecule has 0 aliphatic rings. The van der Waals surface area contributed by atoms with Crippen LogP contribution in [0.2, 0.25) is 0 Å². The first kappa shape index (κ1) is 16.3. The van der Waals surface area contributed by atoms with E-state index in [9.17, 15) is 18.5 Å². The van der Waals surface area contributed by atoms with Gasteiger partial charge in [0.05, 0.1) is 22.0 Å². The molecule has 2 atom stereocenters. The molecule has 0 N–H and O–H groups in total. The van der Waals surface area contributed by atoms with Crippen molar-refractivity contribution in [3.8, 4) is 11.3 Å². The number of aromatic nitrogens is 1. The van der Waals surface area contributed by atoms with E-state index in [1.165, 1.54) is 18.2 Å². The Labute approximate surface area is 139 Å². The van der Waals surface area contributed by atoms with Crippen LogP contribution in [0.3, 0.4) is 0 Å². The van der Waals surface area contributed by atoms with Crippen LogP contribution in [0.15, 0.2) is 51.9 Å². The Morgan fingerprint density at radius 3 is 2.75 bits per heavy atom. The van der Waals surface area contributed by atoms with Gasteiger partial charge in [0.1, 0.15) is 11.5 Å². The van der Waals surface area contributed by atoms with Crippen LogP contribution in [-0.2, 0) is 15.6 Å². The Kier molecular flexibility index (Phi) is 4.44. The third-order valence-corrected chi connectivity index (χ3v) is 5.46. The molecule has 2 unspecified atom stereocenters. The average Bonchev–Trinajstić information content (AvgIpc) is 2.98. The molecule has 124 valence electrons. The first-order chi connectivity index (χ1) is 11.5. The van der Waals surface area contributed by atoms with Crippen molar-refractivity contribution in [2.75, 3.05) is 0 Å². The number of aliphatic carboxylic acids is 1. The molecule has 0 aliphatic heterocycles. The highest BCUT2D eigenvalue weighted by Gasteiger charge is 2.20. The molecule has 24 heavy (non-hydrogen) atoms. The van der Waals surface area contributed by atoms with Crippen molar-refractivity contribution >= 4 is 27.7 Å². The Morgan fingerprint density at radius 2 is 2.08 bits per heavy atom. The lowest BCUT2D eigenvalue weighted by Crippen LogP contribution is -2.38. The molecular weight excluding hydrogens is 333 g/mol. The first-order valence-electron chi connectivity index (χ1n) is 7.28. The maximum atomic E-state index is 13.9. The minimum absolute atomic E-state index is 0.184. The Hall–Kier alpha value is -2.54. The summed E-state index contributed by atoms with van der Waals surface area (Å²) in [6.07, 6.45) is 0.184. The highest BCUT2D eigenvalue weighted by molar-refractivity contribution is 7.86. The van der Waals surface area contributed by atoms with Crippen LogP contribution in [0.1, 0.15) is 13.3 Å². The second-order valence-corrected chi connectivity index (χ2v) is 6.82. The Balaban J connectivity index is 2.05. The quantitative estimate of drug-likeness (QED) is 0.708. The van der Waals surface area contributed by atoms with Crippen molar-refractivity contribution in [2.24, 2.45) is 0 Å². The van der Waals surface area contributed by atoms with Gasteiger partial charge in [0.25, 0.3) is 0 Å². The zero-order chi connectivity index (χ0) is 17.3. The number of nitrogens with zero attached hydrogens (tertiary/aromatic N) is 1. The van der Waals surface area contributed by atoms with E-state index >= 15 is 0 Å². The molecule has 1 heterocycles. The molecule has 3 rings (SSSR count). The molecule has 0 saturated carbocycles. The largest absolute Gasteiger partial charge is 0.549 e. The number of carbonyl (C=O) groups is 1. The SMILES string of the molecule is CCC(C(=O)[O-])S(=O)c1ccc2c(-c3ccccc3F)noc2c1. The van der Waals surface area contributed by atoms with E-state index in [4.69, 9.17) is 4.52 Å². The van der Waals surface area contributed by atoms with Gasteiger partial charge in [0.2, 0.25) is 0 Å². The molecule has 0 spiro atoms. The summed E-state index contributed by atoms with van der Waals surface area (Å²) >= 11 is 0. The Morgan fingerprint density at radius 1 is 1.33 bits per heavy atom. The van der Waals surface area contributed by atoms with Gasteiger partial charge in [-0.25, -0.2) is 4.39 Å². The van der Waals surface area contributed by atoms with Crippen molar-refractivity contribution < 1.29 is 23.0 Å². The third-order valence-electron chi connectivity index (χ3n) is 3.70. The number of benzene rings is 2. The molecule has 0 aliphatic carbocycles. The summed E-state index contributed by atoms with van der Waals surface area (Å²) in [6.45, 7) is 1.63. The van der Waals surface area contributed by atoms with Gasteiger partial charge in [-0.3, -0.25) is 4.21 Å². The number of halogens is 1. The van der Waals surface area contributed by atoms with E-state index in [-0.39, 0.29) is 6.42 Å². The lowest BCUT2D eigenvalue weighted by Gasteiger charge is -2.15. The van der Waals surface area contributed by atoms with Crippen LogP contribution in [0, 0.1) is 5.82 Å². The molecule has 0 radical (unpaired) electrons. The lowest BCUT2D eigenvalue weighted by molar-refractivity contribution is -0.304. The van der Waals surface area contributed by atoms with E-state index < -0.39 is 27.8 Å². The number of hydrogen-bond donors (Lipinski definition) is 0. The van der Waals surface area contributed by atoms with E-state index in [1.54, 1.807) is 31.2 Å². The van der Waals surface area contributed by atoms with Crippen molar-refractivity contribution in [3.63, 3.8) is 0 Å². The van der Waals surface area contributed by atoms with Gasteiger partial charge in [-0.05, 0) is 30.7 Å². The van der Waals surface area contributed by atoms with Crippen molar-refractivity contribution in [3.05, 3.63) is 48.3 Å². The van der Waals surface area contributed by atoms with Gasteiger partial charge in [-0.15, -0.1) is 0 Å². The van der Waals surface area contributed by atoms with Gasteiger partial charge in [0.15, 0.2) is 5.58 Å². The predicted octanol–water partition coefficient (Wildman–Crippen LogP) is 2.27. The maximum Gasteiger partial charge on any atom is 0.168 e. The van der Waals surface area contributed by atoms with Gasteiger partial charge >= 0.3 is 0 Å². The molecule has 5 nitrogen and oxygen atoms in total. The topological polar surface area (TPSA) is 83.2 Å². The second kappa shape index (κ2) is 6.52. The maximum absolute atomic E-state index is 13.9. The lowest BCUT2D eigenvalue weighted by atomic mass is 10.1. The van der Waals surface area contributed by atoms with Crippen molar-refractivity contribution in [2.45, 2.75) is 23.5 Å². The smallest absolute Gasteiger partial charge is 0.168 e. The van der Waals surface area contributed by atoms with E-state index in [0.29, 0.717) is 27.1 Å². The molecular formula is C17H13FNO4S-. The summed E-state index contributed by atoms with van der Waals surface area (Å²) in [5.74, 6) is -1.79. The molecule has 0 bridgehead atoms. The molecule has 0 saturated heterocycles. The predicted molar refractivity (Wildman–Crippen MR) is 84.9 cm³/mol. The van der Waals surface area contributed by atoms with Gasteiger partial charge < -0.3 is 14.4 Å². The van der Waals surface area contributed by atoms with Crippen LogP contribution >= 0.6 is 0 Å². The summed E-state index contributed by atoms with van der Waals surface area (Å²) < 4.78 is 31.5. The van der Waals surface area contributed by atoms with Crippen molar-refractivity contribution in [1.82, 2.24) is 5.16 Å². The number of rotatable bonds is 5. The van der Waals surface area contributed by atoms with E-state index in [1.807, 2.05) is 0 Å². The standard InChI is InChI=1S/C17H14FNO4S/c1-2-15(17(20)21)24(22)10-7-8-12-14(9-10)23-19-16(12)11-5-3-4-6-13(11)18/h3-9,15H,2H2,1H3,(H,20,21)/p-1. The van der Waals surface area contributed by atoms with E-state index in [2.05, 4.69) is 5.16 Å². The molecule has 3 aromatic rings. The summed E-state index contributed by atoms with van der Waals surface area (Å²) in [5, 5.41) is 14.4. The highest BCUT2D eigenvalue weighted by Crippen LogP contribution is 2.31. The van der Waals surface area contributed by atoms with E-state index in [0.717, 1.165) is 0 Å². The zero-order valence-electron chi connectivity index (χ0n) is 12.7. The highest BCUT2D eigenvalue weighted by atomic mass is 32.2. The van der Waals surface area contributed by atoms with Gasteiger partial charge in [0, 0.05) is 21.9 Å². The fraction of sp³-hybridized carbons (Fsp3) is 0.176. The fourth-order valence-corrected chi connectivity index (χ4v) is 3.69. The number of carboxylic acids is 1. The average molecular weight is 346 g/mol. The molecule has 0 amide bonds.